The first-order chi connectivity index (χ1) is 10.6. The van der Waals surface area contributed by atoms with Crippen LogP contribution >= 0.6 is 12.2 Å². The maximum atomic E-state index is 11.4. The van der Waals surface area contributed by atoms with E-state index in [1.807, 2.05) is 19.2 Å². The van der Waals surface area contributed by atoms with Crippen LogP contribution in [-0.2, 0) is 7.05 Å². The summed E-state index contributed by atoms with van der Waals surface area (Å²) in [6.07, 6.45) is 0. The third-order valence-electron chi connectivity index (χ3n) is 3.12. The molecule has 0 saturated heterocycles. The highest BCUT2D eigenvalue weighted by Gasteiger charge is 2.07. The maximum Gasteiger partial charge on any atom is 0.384 e. The normalized spacial score (nSPS) is 11.4. The summed E-state index contributed by atoms with van der Waals surface area (Å²) < 4.78 is 6.94. The number of aryl methyl sites for hydroxylation is 1. The Labute approximate surface area is 129 Å². The van der Waals surface area contributed by atoms with Gasteiger partial charge in [-0.1, -0.05) is 0 Å². The Hall–Kier alpha value is -2.81. The summed E-state index contributed by atoms with van der Waals surface area (Å²) in [6.45, 7) is 1.69. The van der Waals surface area contributed by atoms with Gasteiger partial charge < -0.3 is 9.09 Å². The van der Waals surface area contributed by atoms with E-state index in [4.69, 9.17) is 12.2 Å². The van der Waals surface area contributed by atoms with E-state index in [0.717, 1.165) is 11.4 Å². The lowest BCUT2D eigenvalue weighted by molar-refractivity contribution is 0.388. The van der Waals surface area contributed by atoms with Gasteiger partial charge in [0.15, 0.2) is 16.3 Å². The zero-order valence-electron chi connectivity index (χ0n) is 11.8. The van der Waals surface area contributed by atoms with E-state index in [1.54, 1.807) is 23.6 Å². The number of benzene rings is 1. The lowest BCUT2D eigenvalue weighted by Crippen LogP contribution is -1.92. The third kappa shape index (κ3) is 2.53. The average molecular weight is 316 g/mol. The van der Waals surface area contributed by atoms with Crippen LogP contribution in [-0.4, -0.2) is 19.9 Å². The second-order valence-electron chi connectivity index (χ2n) is 4.62. The second-order valence-corrected chi connectivity index (χ2v) is 5.01. The van der Waals surface area contributed by atoms with E-state index in [0.29, 0.717) is 16.2 Å². The molecule has 0 aliphatic heterocycles. The first-order valence-corrected chi connectivity index (χ1v) is 6.78. The van der Waals surface area contributed by atoms with Crippen molar-refractivity contribution in [3.8, 4) is 11.4 Å². The molecule has 3 aromatic rings. The molecule has 0 spiro atoms. The standard InChI is InChI=1S/C13H12N6O2S/c1-7-10(12(20)21-18-7)15-14-9-5-3-8(4-6-9)11-16-17-13(22)19(11)2/h3-6,18H,1-2H3,(H,17,22). The van der Waals surface area contributed by atoms with E-state index < -0.39 is 5.63 Å². The van der Waals surface area contributed by atoms with E-state index in [1.165, 1.54) is 0 Å². The summed E-state index contributed by atoms with van der Waals surface area (Å²) in [5, 5.41) is 17.3. The first-order valence-electron chi connectivity index (χ1n) is 6.38. The fraction of sp³-hybridized carbons (Fsp3) is 0.154. The molecule has 2 aromatic heterocycles. The van der Waals surface area contributed by atoms with Gasteiger partial charge in [-0.3, -0.25) is 5.10 Å². The number of nitrogens with one attached hydrogen (secondary N) is 2. The monoisotopic (exact) mass is 316 g/mol. The van der Waals surface area contributed by atoms with Crippen LogP contribution < -0.4 is 5.63 Å². The smallest absolute Gasteiger partial charge is 0.336 e. The first kappa shape index (κ1) is 14.1. The van der Waals surface area contributed by atoms with E-state index in [2.05, 4.69) is 30.1 Å². The highest BCUT2D eigenvalue weighted by Crippen LogP contribution is 2.22. The molecule has 0 bridgehead atoms. The molecule has 112 valence electrons. The summed E-state index contributed by atoms with van der Waals surface area (Å²) in [4.78, 5) is 11.4. The van der Waals surface area contributed by atoms with Gasteiger partial charge in [0.25, 0.3) is 0 Å². The van der Waals surface area contributed by atoms with Crippen molar-refractivity contribution in [2.45, 2.75) is 6.92 Å². The lowest BCUT2D eigenvalue weighted by atomic mass is 10.2. The van der Waals surface area contributed by atoms with Crippen molar-refractivity contribution in [2.24, 2.45) is 17.3 Å². The van der Waals surface area contributed by atoms with E-state index in [9.17, 15) is 4.79 Å². The Bertz CT molecular complexity index is 944. The van der Waals surface area contributed by atoms with Gasteiger partial charge in [-0.2, -0.15) is 10.2 Å². The number of hydrogen-bond donors (Lipinski definition) is 2. The molecule has 0 atom stereocenters. The zero-order valence-corrected chi connectivity index (χ0v) is 12.6. The Morgan fingerprint density at radius 3 is 2.55 bits per heavy atom. The van der Waals surface area contributed by atoms with E-state index in [-0.39, 0.29) is 5.69 Å². The molecule has 2 heterocycles. The van der Waals surface area contributed by atoms with Crippen LogP contribution in [0.4, 0.5) is 11.4 Å². The van der Waals surface area contributed by atoms with Crippen molar-refractivity contribution in [1.29, 1.82) is 0 Å². The van der Waals surface area contributed by atoms with Crippen molar-refractivity contribution in [2.75, 3.05) is 0 Å². The number of rotatable bonds is 3. The summed E-state index contributed by atoms with van der Waals surface area (Å²) >= 11 is 5.08. The third-order valence-corrected chi connectivity index (χ3v) is 3.48. The Morgan fingerprint density at radius 1 is 1.27 bits per heavy atom. The molecule has 0 radical (unpaired) electrons. The number of nitrogens with zero attached hydrogens (tertiary/aromatic N) is 4. The molecule has 0 fully saturated rings. The molecule has 2 N–H and O–H groups in total. The summed E-state index contributed by atoms with van der Waals surface area (Å²) in [5.41, 5.74) is 1.66. The van der Waals surface area contributed by atoms with Gasteiger partial charge in [0.1, 0.15) is 0 Å². The Morgan fingerprint density at radius 2 is 2.00 bits per heavy atom. The molecule has 0 aliphatic carbocycles. The van der Waals surface area contributed by atoms with Gasteiger partial charge in [-0.25, -0.2) is 9.95 Å². The molecular weight excluding hydrogens is 304 g/mol. The number of aromatic amines is 2. The Kier molecular flexibility index (Phi) is 3.55. The minimum absolute atomic E-state index is 0.165. The molecule has 3 rings (SSSR count). The van der Waals surface area contributed by atoms with Crippen LogP contribution in [0.25, 0.3) is 11.4 Å². The molecule has 22 heavy (non-hydrogen) atoms. The van der Waals surface area contributed by atoms with Crippen LogP contribution in [0.2, 0.25) is 0 Å². The van der Waals surface area contributed by atoms with Gasteiger partial charge in [0.2, 0.25) is 0 Å². The predicted octanol–water partition coefficient (Wildman–Crippen LogP) is 3.15. The molecule has 0 amide bonds. The van der Waals surface area contributed by atoms with Crippen LogP contribution in [0.5, 0.6) is 0 Å². The number of aromatic nitrogens is 4. The van der Waals surface area contributed by atoms with Crippen molar-refractivity contribution >= 4 is 23.6 Å². The van der Waals surface area contributed by atoms with Crippen molar-refractivity contribution < 1.29 is 4.52 Å². The fourth-order valence-electron chi connectivity index (χ4n) is 1.88. The SMILES string of the molecule is Cc1[nH]oc(=O)c1N=Nc1ccc(-c2n[nH]c(=S)n2C)cc1. The topological polar surface area (TPSA) is 104 Å². The number of hydrogen-bond acceptors (Lipinski definition) is 6. The number of azo groups is 1. The minimum atomic E-state index is -0.542. The number of H-pyrrole nitrogens is 2. The van der Waals surface area contributed by atoms with Gasteiger partial charge >= 0.3 is 5.63 Å². The van der Waals surface area contributed by atoms with Gasteiger partial charge in [-0.15, -0.1) is 5.11 Å². The lowest BCUT2D eigenvalue weighted by Gasteiger charge is -2.00. The summed E-state index contributed by atoms with van der Waals surface area (Å²) in [7, 11) is 1.84. The van der Waals surface area contributed by atoms with Gasteiger partial charge in [0.05, 0.1) is 11.4 Å². The summed E-state index contributed by atoms with van der Waals surface area (Å²) in [5.74, 6) is 0.732. The second kappa shape index (κ2) is 5.53. The molecular formula is C13H12N6O2S. The van der Waals surface area contributed by atoms with Gasteiger partial charge in [0, 0.05) is 12.6 Å². The molecule has 0 unspecified atom stereocenters. The molecule has 8 nitrogen and oxygen atoms in total. The fourth-order valence-corrected chi connectivity index (χ4v) is 2.01. The van der Waals surface area contributed by atoms with Crippen LogP contribution in [0.15, 0.2) is 43.8 Å². The molecule has 1 aromatic carbocycles. The van der Waals surface area contributed by atoms with Crippen molar-refractivity contribution in [3.05, 3.63) is 45.2 Å². The minimum Gasteiger partial charge on any atom is -0.336 e. The molecule has 9 heteroatoms. The highest BCUT2D eigenvalue weighted by atomic mass is 32.1. The van der Waals surface area contributed by atoms with E-state index >= 15 is 0 Å². The van der Waals surface area contributed by atoms with Gasteiger partial charge in [-0.05, 0) is 43.4 Å². The quantitative estimate of drug-likeness (QED) is 0.572. The predicted molar refractivity (Wildman–Crippen MR) is 82.1 cm³/mol. The zero-order chi connectivity index (χ0) is 15.7. The Balaban J connectivity index is 1.88. The largest absolute Gasteiger partial charge is 0.384 e. The highest BCUT2D eigenvalue weighted by molar-refractivity contribution is 7.71. The van der Waals surface area contributed by atoms with Crippen LogP contribution in [0.1, 0.15) is 5.69 Å². The molecule has 0 saturated carbocycles. The maximum absolute atomic E-state index is 11.4. The molecule has 0 aliphatic rings. The summed E-state index contributed by atoms with van der Waals surface area (Å²) in [6, 6.07) is 7.26. The average Bonchev–Trinajstić information content (AvgIpc) is 3.02. The van der Waals surface area contributed by atoms with Crippen LogP contribution in [0.3, 0.4) is 0 Å². The van der Waals surface area contributed by atoms with Crippen molar-refractivity contribution in [1.82, 2.24) is 19.9 Å². The van der Waals surface area contributed by atoms with Crippen LogP contribution in [0, 0.1) is 11.7 Å². The van der Waals surface area contributed by atoms with Crippen molar-refractivity contribution in [3.63, 3.8) is 0 Å².